The van der Waals surface area contributed by atoms with Gasteiger partial charge in [0.05, 0.1) is 25.0 Å². The maximum absolute atomic E-state index is 12.7. The van der Waals surface area contributed by atoms with E-state index < -0.39 is 17.9 Å². The van der Waals surface area contributed by atoms with Gasteiger partial charge in [-0.05, 0) is 17.7 Å². The number of nitrogens with one attached hydrogen (secondary N) is 1. The third-order valence-electron chi connectivity index (χ3n) is 3.16. The lowest BCUT2D eigenvalue weighted by molar-refractivity contribution is -0.142. The summed E-state index contributed by atoms with van der Waals surface area (Å²) in [5, 5.41) is 11.7. The Morgan fingerprint density at radius 3 is 2.71 bits per heavy atom. The first-order valence-corrected chi connectivity index (χ1v) is 7.64. The molecule has 1 heterocycles. The van der Waals surface area contributed by atoms with Crippen molar-refractivity contribution in [1.82, 2.24) is 5.32 Å². The zero-order valence-electron chi connectivity index (χ0n) is 11.3. The third-order valence-corrected chi connectivity index (χ3v) is 4.16. The molecule has 5 nitrogen and oxygen atoms in total. The van der Waals surface area contributed by atoms with E-state index in [-0.39, 0.29) is 30.7 Å². The van der Waals surface area contributed by atoms with Crippen LogP contribution in [-0.4, -0.2) is 42.0 Å². The average molecular weight is 313 g/mol. The van der Waals surface area contributed by atoms with Gasteiger partial charge < -0.3 is 15.2 Å². The molecule has 1 aliphatic heterocycles. The highest BCUT2D eigenvalue weighted by molar-refractivity contribution is 7.99. The number of amides is 1. The molecule has 114 valence electrons. The zero-order chi connectivity index (χ0) is 15.2. The molecule has 2 atom stereocenters. The average Bonchev–Trinajstić information content (AvgIpc) is 2.89. The maximum atomic E-state index is 12.7. The molecular formula is C14H16FNO4S. The van der Waals surface area contributed by atoms with Gasteiger partial charge in [-0.2, -0.15) is 0 Å². The number of ether oxygens (including phenoxy) is 1. The first kappa shape index (κ1) is 15.8. The number of carboxylic acids is 1. The van der Waals surface area contributed by atoms with Crippen molar-refractivity contribution >= 4 is 23.6 Å². The van der Waals surface area contributed by atoms with Crippen molar-refractivity contribution in [2.24, 2.45) is 5.92 Å². The quantitative estimate of drug-likeness (QED) is 0.827. The lowest BCUT2D eigenvalue weighted by atomic mass is 10.0. The number of halogens is 1. The molecule has 2 N–H and O–H groups in total. The van der Waals surface area contributed by atoms with Gasteiger partial charge in [-0.3, -0.25) is 9.59 Å². The van der Waals surface area contributed by atoms with Crippen LogP contribution in [0.3, 0.4) is 0 Å². The second kappa shape index (κ2) is 7.42. The Labute approximate surface area is 125 Å². The van der Waals surface area contributed by atoms with E-state index in [4.69, 9.17) is 9.84 Å². The number of carbonyl (C=O) groups is 2. The second-order valence-electron chi connectivity index (χ2n) is 4.78. The van der Waals surface area contributed by atoms with Crippen molar-refractivity contribution in [2.75, 3.05) is 19.0 Å². The molecule has 0 aromatic heterocycles. The van der Waals surface area contributed by atoms with E-state index in [1.165, 1.54) is 23.9 Å². The van der Waals surface area contributed by atoms with Gasteiger partial charge in [0.1, 0.15) is 11.7 Å². The predicted octanol–water partition coefficient (Wildman–Crippen LogP) is 1.27. The SMILES string of the molecule is O=C(CSCc1ccc(F)cc1)NC1COCC1C(=O)O. The van der Waals surface area contributed by atoms with Crippen LogP contribution >= 0.6 is 11.8 Å². The van der Waals surface area contributed by atoms with Crippen molar-refractivity contribution < 1.29 is 23.8 Å². The minimum Gasteiger partial charge on any atom is -0.481 e. The number of benzene rings is 1. The summed E-state index contributed by atoms with van der Waals surface area (Å²) in [6, 6.07) is 5.63. The lowest BCUT2D eigenvalue weighted by Crippen LogP contribution is -2.43. The first-order valence-electron chi connectivity index (χ1n) is 6.48. The van der Waals surface area contributed by atoms with Gasteiger partial charge in [-0.15, -0.1) is 11.8 Å². The van der Waals surface area contributed by atoms with E-state index in [0.717, 1.165) is 5.56 Å². The number of carboxylic acid groups (broad SMARTS) is 1. The highest BCUT2D eigenvalue weighted by atomic mass is 32.2. The first-order chi connectivity index (χ1) is 10.1. The smallest absolute Gasteiger partial charge is 0.311 e. The molecule has 1 saturated heterocycles. The van der Waals surface area contributed by atoms with Gasteiger partial charge >= 0.3 is 5.97 Å². The molecule has 1 aromatic rings. The van der Waals surface area contributed by atoms with Crippen molar-refractivity contribution in [3.05, 3.63) is 35.6 Å². The van der Waals surface area contributed by atoms with E-state index >= 15 is 0 Å². The van der Waals surface area contributed by atoms with Crippen LogP contribution < -0.4 is 5.32 Å². The van der Waals surface area contributed by atoms with E-state index in [2.05, 4.69) is 5.32 Å². The van der Waals surface area contributed by atoms with Gasteiger partial charge in [-0.1, -0.05) is 12.1 Å². The van der Waals surface area contributed by atoms with Gasteiger partial charge in [-0.25, -0.2) is 4.39 Å². The van der Waals surface area contributed by atoms with Crippen LogP contribution in [0.1, 0.15) is 5.56 Å². The van der Waals surface area contributed by atoms with Crippen LogP contribution in [0.15, 0.2) is 24.3 Å². The molecule has 1 fully saturated rings. The Morgan fingerprint density at radius 2 is 2.05 bits per heavy atom. The minimum atomic E-state index is -0.961. The molecule has 2 unspecified atom stereocenters. The van der Waals surface area contributed by atoms with Crippen LogP contribution in [0, 0.1) is 11.7 Å². The molecular weight excluding hydrogens is 297 g/mol. The van der Waals surface area contributed by atoms with Crippen molar-refractivity contribution in [3.63, 3.8) is 0 Å². The maximum Gasteiger partial charge on any atom is 0.311 e. The van der Waals surface area contributed by atoms with Gasteiger partial charge in [0.15, 0.2) is 0 Å². The monoisotopic (exact) mass is 313 g/mol. The Hall–Kier alpha value is -1.60. The Bertz CT molecular complexity index is 508. The number of rotatable bonds is 6. The van der Waals surface area contributed by atoms with Crippen molar-refractivity contribution in [2.45, 2.75) is 11.8 Å². The van der Waals surface area contributed by atoms with E-state index in [0.29, 0.717) is 5.75 Å². The normalized spacial score (nSPS) is 21.2. The van der Waals surface area contributed by atoms with Gasteiger partial charge in [0, 0.05) is 5.75 Å². The molecule has 1 aliphatic rings. The molecule has 2 rings (SSSR count). The Morgan fingerprint density at radius 1 is 1.33 bits per heavy atom. The standard InChI is InChI=1S/C14H16FNO4S/c15-10-3-1-9(2-4-10)7-21-8-13(17)16-12-6-20-5-11(12)14(18)19/h1-4,11-12H,5-8H2,(H,16,17)(H,18,19). The topological polar surface area (TPSA) is 75.6 Å². The largest absolute Gasteiger partial charge is 0.481 e. The summed E-state index contributed by atoms with van der Waals surface area (Å²) in [4.78, 5) is 22.7. The summed E-state index contributed by atoms with van der Waals surface area (Å²) in [6.07, 6.45) is 0. The van der Waals surface area contributed by atoms with E-state index in [1.807, 2.05) is 0 Å². The number of thioether (sulfide) groups is 1. The van der Waals surface area contributed by atoms with Crippen LogP contribution in [0.4, 0.5) is 4.39 Å². The van der Waals surface area contributed by atoms with Crippen molar-refractivity contribution in [3.8, 4) is 0 Å². The van der Waals surface area contributed by atoms with Crippen LogP contribution in [0.25, 0.3) is 0 Å². The summed E-state index contributed by atoms with van der Waals surface area (Å²) < 4.78 is 17.8. The fourth-order valence-electron chi connectivity index (χ4n) is 2.03. The van der Waals surface area contributed by atoms with E-state index in [9.17, 15) is 14.0 Å². The van der Waals surface area contributed by atoms with Gasteiger partial charge in [0.2, 0.25) is 5.91 Å². The summed E-state index contributed by atoms with van der Waals surface area (Å²) in [5.74, 6) is -1.34. The minimum absolute atomic E-state index is 0.128. The highest BCUT2D eigenvalue weighted by Gasteiger charge is 2.34. The fourth-order valence-corrected chi connectivity index (χ4v) is 2.83. The molecule has 1 aromatic carbocycles. The zero-order valence-corrected chi connectivity index (χ0v) is 12.1. The Balaban J connectivity index is 1.72. The molecule has 21 heavy (non-hydrogen) atoms. The molecule has 7 heteroatoms. The van der Waals surface area contributed by atoms with E-state index in [1.54, 1.807) is 12.1 Å². The van der Waals surface area contributed by atoms with Crippen molar-refractivity contribution in [1.29, 1.82) is 0 Å². The number of carbonyl (C=O) groups excluding carboxylic acids is 1. The predicted molar refractivity (Wildman–Crippen MR) is 76.4 cm³/mol. The van der Waals surface area contributed by atoms with Crippen LogP contribution in [0.5, 0.6) is 0 Å². The summed E-state index contributed by atoms with van der Waals surface area (Å²) in [5.41, 5.74) is 0.932. The molecule has 0 spiro atoms. The summed E-state index contributed by atoms with van der Waals surface area (Å²) in [6.45, 7) is 0.355. The highest BCUT2D eigenvalue weighted by Crippen LogP contribution is 2.15. The molecule has 0 bridgehead atoms. The van der Waals surface area contributed by atoms with Crippen LogP contribution in [0.2, 0.25) is 0 Å². The lowest BCUT2D eigenvalue weighted by Gasteiger charge is -2.15. The number of hydrogen-bond donors (Lipinski definition) is 2. The fraction of sp³-hybridized carbons (Fsp3) is 0.429. The molecule has 1 amide bonds. The van der Waals surface area contributed by atoms with Crippen LogP contribution in [-0.2, 0) is 20.1 Å². The molecule has 0 radical (unpaired) electrons. The van der Waals surface area contributed by atoms with Gasteiger partial charge in [0.25, 0.3) is 0 Å². The molecule has 0 aliphatic carbocycles. The Kier molecular flexibility index (Phi) is 5.58. The third kappa shape index (κ3) is 4.71. The number of hydrogen-bond acceptors (Lipinski definition) is 4. The summed E-state index contributed by atoms with van der Waals surface area (Å²) in [7, 11) is 0. The number of aliphatic carboxylic acids is 1. The molecule has 0 saturated carbocycles. The summed E-state index contributed by atoms with van der Waals surface area (Å²) >= 11 is 1.39. The second-order valence-corrected chi connectivity index (χ2v) is 5.76.